The zero-order valence-corrected chi connectivity index (χ0v) is 23.8. The molecule has 0 unspecified atom stereocenters. The normalized spacial score (nSPS) is 12.7. The van der Waals surface area contributed by atoms with Crippen molar-refractivity contribution in [2.45, 2.75) is 45.8 Å². The molecule has 1 N–H and O–H groups in total. The van der Waals surface area contributed by atoms with Gasteiger partial charge in [0.05, 0.1) is 11.9 Å². The number of nitrogens with zero attached hydrogens (tertiary/aromatic N) is 2. The van der Waals surface area contributed by atoms with Gasteiger partial charge in [0.15, 0.2) is 0 Å². The second-order valence-electron chi connectivity index (χ2n) is 9.94. The standard InChI is InChI=1S/C27H31Cl2N3O4S/c1-18(26(34)30-27(2,3)4)31(16-20-13-14-21(28)15-23(20)29)25(33)17-32(37(5,35)36)24-12-8-10-19-9-6-7-11-22(19)24/h6-15,18H,16-17H2,1-5H3,(H,30,34)/t18-/m1/s1. The first-order chi connectivity index (χ1) is 17.2. The van der Waals surface area contributed by atoms with E-state index in [1.165, 1.54) is 4.90 Å². The first-order valence-corrected chi connectivity index (χ1v) is 14.3. The molecule has 1 atom stereocenters. The molecule has 198 valence electrons. The minimum atomic E-state index is -3.86. The summed E-state index contributed by atoms with van der Waals surface area (Å²) < 4.78 is 26.9. The smallest absolute Gasteiger partial charge is 0.244 e. The van der Waals surface area contributed by atoms with E-state index in [4.69, 9.17) is 23.2 Å². The van der Waals surface area contributed by atoms with Crippen LogP contribution >= 0.6 is 23.2 Å². The van der Waals surface area contributed by atoms with Gasteiger partial charge in [-0.3, -0.25) is 13.9 Å². The average molecular weight is 565 g/mol. The first kappa shape index (κ1) is 28.8. The summed E-state index contributed by atoms with van der Waals surface area (Å²) in [6.07, 6.45) is 1.05. The molecule has 0 aliphatic heterocycles. The topological polar surface area (TPSA) is 86.8 Å². The zero-order chi connectivity index (χ0) is 27.5. The molecule has 0 fully saturated rings. The highest BCUT2D eigenvalue weighted by atomic mass is 35.5. The summed E-state index contributed by atoms with van der Waals surface area (Å²) in [5.74, 6) is -0.928. The van der Waals surface area contributed by atoms with Gasteiger partial charge in [-0.25, -0.2) is 8.42 Å². The first-order valence-electron chi connectivity index (χ1n) is 11.7. The number of anilines is 1. The molecule has 0 spiro atoms. The summed E-state index contributed by atoms with van der Waals surface area (Å²) in [5, 5.41) is 5.18. The molecule has 0 aromatic heterocycles. The summed E-state index contributed by atoms with van der Waals surface area (Å²) in [5.41, 5.74) is 0.427. The number of amides is 2. The van der Waals surface area contributed by atoms with E-state index in [2.05, 4.69) is 5.32 Å². The minimum absolute atomic E-state index is 0.0132. The Kier molecular flexibility index (Phi) is 8.78. The van der Waals surface area contributed by atoms with E-state index in [9.17, 15) is 18.0 Å². The van der Waals surface area contributed by atoms with E-state index in [0.717, 1.165) is 15.9 Å². The number of benzene rings is 3. The SMILES string of the molecule is C[C@H](C(=O)NC(C)(C)C)N(Cc1ccc(Cl)cc1Cl)C(=O)CN(c1cccc2ccccc12)S(C)(=O)=O. The molecule has 3 rings (SSSR count). The molecule has 0 aliphatic rings. The van der Waals surface area contributed by atoms with Crippen LogP contribution in [0.25, 0.3) is 10.8 Å². The van der Waals surface area contributed by atoms with E-state index in [0.29, 0.717) is 26.7 Å². The fourth-order valence-corrected chi connectivity index (χ4v) is 5.24. The average Bonchev–Trinajstić information content (AvgIpc) is 2.79. The molecule has 0 bridgehead atoms. The number of carbonyl (C=O) groups is 2. The van der Waals surface area contributed by atoms with Crippen LogP contribution in [0, 0.1) is 0 Å². The van der Waals surface area contributed by atoms with E-state index in [1.54, 1.807) is 43.3 Å². The molecular formula is C27H31Cl2N3O4S. The van der Waals surface area contributed by atoms with Crippen molar-refractivity contribution >= 4 is 61.5 Å². The molecule has 2 amide bonds. The minimum Gasteiger partial charge on any atom is -0.350 e. The number of sulfonamides is 1. The Hall–Kier alpha value is -2.81. The van der Waals surface area contributed by atoms with Crippen LogP contribution in [0.5, 0.6) is 0 Å². The molecule has 37 heavy (non-hydrogen) atoms. The van der Waals surface area contributed by atoms with Crippen LogP contribution in [0.4, 0.5) is 5.69 Å². The van der Waals surface area contributed by atoms with Crippen LogP contribution in [0.2, 0.25) is 10.0 Å². The second kappa shape index (κ2) is 11.3. The van der Waals surface area contributed by atoms with E-state index >= 15 is 0 Å². The summed E-state index contributed by atoms with van der Waals surface area (Å²) >= 11 is 12.4. The zero-order valence-electron chi connectivity index (χ0n) is 21.5. The van der Waals surface area contributed by atoms with Gasteiger partial charge in [-0.2, -0.15) is 0 Å². The van der Waals surface area contributed by atoms with Crippen molar-refractivity contribution in [1.82, 2.24) is 10.2 Å². The van der Waals surface area contributed by atoms with Crippen molar-refractivity contribution in [3.63, 3.8) is 0 Å². The monoisotopic (exact) mass is 563 g/mol. The lowest BCUT2D eigenvalue weighted by atomic mass is 10.1. The maximum Gasteiger partial charge on any atom is 0.244 e. The largest absolute Gasteiger partial charge is 0.350 e. The number of rotatable bonds is 8. The van der Waals surface area contributed by atoms with Gasteiger partial charge in [-0.1, -0.05) is 65.7 Å². The highest BCUT2D eigenvalue weighted by molar-refractivity contribution is 7.92. The molecule has 0 radical (unpaired) electrons. The molecule has 0 aliphatic carbocycles. The Bertz CT molecular complexity index is 1420. The summed E-state index contributed by atoms with van der Waals surface area (Å²) in [4.78, 5) is 28.2. The highest BCUT2D eigenvalue weighted by Gasteiger charge is 2.32. The van der Waals surface area contributed by atoms with Gasteiger partial charge >= 0.3 is 0 Å². The van der Waals surface area contributed by atoms with Crippen molar-refractivity contribution in [2.24, 2.45) is 0 Å². The van der Waals surface area contributed by atoms with Gasteiger partial charge in [0.2, 0.25) is 21.8 Å². The van der Waals surface area contributed by atoms with Crippen molar-refractivity contribution in [1.29, 1.82) is 0 Å². The Morgan fingerprint density at radius 1 is 1.00 bits per heavy atom. The van der Waals surface area contributed by atoms with Gasteiger partial charge in [-0.15, -0.1) is 0 Å². The molecule has 0 saturated carbocycles. The summed E-state index contributed by atoms with van der Waals surface area (Å²) in [7, 11) is -3.86. The maximum absolute atomic E-state index is 13.8. The maximum atomic E-state index is 13.8. The second-order valence-corrected chi connectivity index (χ2v) is 12.7. The van der Waals surface area contributed by atoms with E-state index < -0.39 is 34.1 Å². The number of fused-ring (bicyclic) bond motifs is 1. The predicted octanol–water partition coefficient (Wildman–Crippen LogP) is 5.24. The van der Waals surface area contributed by atoms with Crippen molar-refractivity contribution < 1.29 is 18.0 Å². The van der Waals surface area contributed by atoms with E-state index in [-0.39, 0.29) is 12.5 Å². The Labute approximate surface area is 228 Å². The van der Waals surface area contributed by atoms with Gasteiger partial charge in [0.25, 0.3) is 0 Å². The van der Waals surface area contributed by atoms with Gasteiger partial charge < -0.3 is 10.2 Å². The summed E-state index contributed by atoms with van der Waals surface area (Å²) in [6, 6.07) is 16.6. The number of halogens is 2. The Morgan fingerprint density at radius 2 is 1.65 bits per heavy atom. The molecule has 10 heteroatoms. The van der Waals surface area contributed by atoms with Crippen LogP contribution < -0.4 is 9.62 Å². The predicted molar refractivity (Wildman–Crippen MR) is 151 cm³/mol. The molecule has 0 heterocycles. The van der Waals surface area contributed by atoms with Crippen molar-refractivity contribution in [2.75, 3.05) is 17.1 Å². The fraction of sp³-hybridized carbons (Fsp3) is 0.333. The third kappa shape index (κ3) is 7.37. The Balaban J connectivity index is 2.02. The number of hydrogen-bond acceptors (Lipinski definition) is 4. The quantitative estimate of drug-likeness (QED) is 0.405. The van der Waals surface area contributed by atoms with Gasteiger partial charge in [0.1, 0.15) is 12.6 Å². The fourth-order valence-electron chi connectivity index (χ4n) is 3.91. The van der Waals surface area contributed by atoms with Crippen LogP contribution in [0.3, 0.4) is 0 Å². The van der Waals surface area contributed by atoms with Crippen molar-refractivity contribution in [3.8, 4) is 0 Å². The number of nitrogens with one attached hydrogen (secondary N) is 1. The van der Waals surface area contributed by atoms with Crippen LogP contribution in [-0.4, -0.2) is 49.5 Å². The highest BCUT2D eigenvalue weighted by Crippen LogP contribution is 2.29. The molecule has 7 nitrogen and oxygen atoms in total. The van der Waals surface area contributed by atoms with Crippen LogP contribution in [0.1, 0.15) is 33.3 Å². The van der Waals surface area contributed by atoms with Gasteiger partial charge in [-0.05, 0) is 56.8 Å². The third-order valence-corrected chi connectivity index (χ3v) is 7.45. The third-order valence-electron chi connectivity index (χ3n) is 5.74. The van der Waals surface area contributed by atoms with Crippen molar-refractivity contribution in [3.05, 3.63) is 76.3 Å². The van der Waals surface area contributed by atoms with Crippen LogP contribution in [-0.2, 0) is 26.2 Å². The molecular weight excluding hydrogens is 533 g/mol. The van der Waals surface area contributed by atoms with Crippen LogP contribution in [0.15, 0.2) is 60.7 Å². The molecule has 3 aromatic carbocycles. The number of hydrogen-bond donors (Lipinski definition) is 1. The van der Waals surface area contributed by atoms with Gasteiger partial charge in [0, 0.05) is 27.5 Å². The lowest BCUT2D eigenvalue weighted by Gasteiger charge is -2.33. The lowest BCUT2D eigenvalue weighted by Crippen LogP contribution is -2.54. The summed E-state index contributed by atoms with van der Waals surface area (Å²) in [6.45, 7) is 6.61. The number of carbonyl (C=O) groups excluding carboxylic acids is 2. The molecule has 3 aromatic rings. The molecule has 0 saturated heterocycles. The Morgan fingerprint density at radius 3 is 2.27 bits per heavy atom. The van der Waals surface area contributed by atoms with E-state index in [1.807, 2.05) is 45.0 Å². The lowest BCUT2D eigenvalue weighted by molar-refractivity contribution is -0.140.